The molecule has 0 spiro atoms. The van der Waals surface area contributed by atoms with Crippen molar-refractivity contribution in [2.45, 2.75) is 26.2 Å². The Balaban J connectivity index is 2.04. The number of hydrogen-bond acceptors (Lipinski definition) is 3. The monoisotopic (exact) mass is 267 g/mol. The second-order valence-corrected chi connectivity index (χ2v) is 5.37. The number of methoxy groups -OCH3 is 1. The summed E-state index contributed by atoms with van der Waals surface area (Å²) in [6.07, 6.45) is 2.90. The fourth-order valence-electron chi connectivity index (χ4n) is 2.36. The van der Waals surface area contributed by atoms with Gasteiger partial charge in [-0.15, -0.1) is 0 Å². The predicted octanol–water partition coefficient (Wildman–Crippen LogP) is 3.40. The zero-order valence-electron chi connectivity index (χ0n) is 10.8. The Bertz CT molecular complexity index is 455. The molecule has 4 heteroatoms. The minimum Gasteiger partial charge on any atom is -0.469 e. The second-order valence-electron chi connectivity index (χ2n) is 4.94. The highest BCUT2D eigenvalue weighted by atomic mass is 35.5. The van der Waals surface area contributed by atoms with E-state index in [2.05, 4.69) is 5.32 Å². The first kappa shape index (κ1) is 13.2. The van der Waals surface area contributed by atoms with Gasteiger partial charge in [0.25, 0.3) is 0 Å². The molecule has 1 aliphatic rings. The number of hydrogen-bond donors (Lipinski definition) is 1. The Morgan fingerprint density at radius 3 is 2.72 bits per heavy atom. The molecule has 0 aromatic heterocycles. The Hall–Kier alpha value is -1.22. The minimum absolute atomic E-state index is 0.104. The summed E-state index contributed by atoms with van der Waals surface area (Å²) in [5.41, 5.74) is 1.78. The highest BCUT2D eigenvalue weighted by molar-refractivity contribution is 6.30. The predicted molar refractivity (Wildman–Crippen MR) is 73.0 cm³/mol. The van der Waals surface area contributed by atoms with Crippen LogP contribution in [0.5, 0.6) is 0 Å². The molecule has 2 rings (SSSR count). The number of ether oxygens (including phenoxy) is 1. The van der Waals surface area contributed by atoms with Gasteiger partial charge < -0.3 is 10.1 Å². The average Bonchev–Trinajstić information content (AvgIpc) is 2.29. The number of carbonyl (C=O) groups excluding carboxylic acids is 1. The molecule has 18 heavy (non-hydrogen) atoms. The van der Waals surface area contributed by atoms with Crippen molar-refractivity contribution in [3.63, 3.8) is 0 Å². The van der Waals surface area contributed by atoms with Gasteiger partial charge in [-0.05, 0) is 43.5 Å². The van der Waals surface area contributed by atoms with E-state index in [-0.39, 0.29) is 11.4 Å². The van der Waals surface area contributed by atoms with E-state index in [9.17, 15) is 4.79 Å². The van der Waals surface area contributed by atoms with Crippen molar-refractivity contribution in [3.05, 3.63) is 28.8 Å². The first-order valence-corrected chi connectivity index (χ1v) is 6.54. The van der Waals surface area contributed by atoms with Crippen LogP contribution in [-0.2, 0) is 9.53 Å². The van der Waals surface area contributed by atoms with Crippen molar-refractivity contribution >= 4 is 23.3 Å². The van der Waals surface area contributed by atoms with Gasteiger partial charge in [-0.25, -0.2) is 0 Å². The largest absolute Gasteiger partial charge is 0.469 e. The molecule has 1 aromatic carbocycles. The molecule has 0 unspecified atom stereocenters. The number of rotatable bonds is 4. The number of esters is 1. The lowest BCUT2D eigenvalue weighted by Crippen LogP contribution is -2.44. The number of nitrogens with one attached hydrogen (secondary N) is 1. The molecule has 1 N–H and O–H groups in total. The van der Waals surface area contributed by atoms with Crippen molar-refractivity contribution in [2.24, 2.45) is 5.41 Å². The first-order chi connectivity index (χ1) is 8.57. The second kappa shape index (κ2) is 5.19. The third kappa shape index (κ3) is 2.46. The number of aryl methyl sites for hydroxylation is 1. The summed E-state index contributed by atoms with van der Waals surface area (Å²) in [4.78, 5) is 11.8. The van der Waals surface area contributed by atoms with Crippen molar-refractivity contribution < 1.29 is 9.53 Å². The maximum Gasteiger partial charge on any atom is 0.313 e. The third-order valence-corrected chi connectivity index (χ3v) is 3.97. The first-order valence-electron chi connectivity index (χ1n) is 6.16. The van der Waals surface area contributed by atoms with Gasteiger partial charge in [-0.2, -0.15) is 0 Å². The van der Waals surface area contributed by atoms with Gasteiger partial charge in [0, 0.05) is 17.3 Å². The van der Waals surface area contributed by atoms with Gasteiger partial charge in [0.05, 0.1) is 12.5 Å². The molecule has 0 amide bonds. The van der Waals surface area contributed by atoms with E-state index in [0.29, 0.717) is 6.54 Å². The Kier molecular flexibility index (Phi) is 3.81. The van der Waals surface area contributed by atoms with E-state index in [1.165, 1.54) is 7.11 Å². The highest BCUT2D eigenvalue weighted by Gasteiger charge is 2.45. The number of carbonyl (C=O) groups is 1. The average molecular weight is 268 g/mol. The van der Waals surface area contributed by atoms with Crippen LogP contribution in [0.25, 0.3) is 0 Å². The van der Waals surface area contributed by atoms with Gasteiger partial charge in [-0.3, -0.25) is 4.79 Å². The van der Waals surface area contributed by atoms with E-state index in [0.717, 1.165) is 35.5 Å². The lowest BCUT2D eigenvalue weighted by atomic mass is 9.68. The van der Waals surface area contributed by atoms with Crippen LogP contribution in [0.15, 0.2) is 18.2 Å². The van der Waals surface area contributed by atoms with Crippen LogP contribution >= 0.6 is 11.6 Å². The van der Waals surface area contributed by atoms with Crippen molar-refractivity contribution in [3.8, 4) is 0 Å². The lowest BCUT2D eigenvalue weighted by molar-refractivity contribution is -0.157. The summed E-state index contributed by atoms with van der Waals surface area (Å²) >= 11 is 5.92. The molecule has 0 radical (unpaired) electrons. The molecule has 1 fully saturated rings. The third-order valence-electron chi connectivity index (χ3n) is 3.73. The van der Waals surface area contributed by atoms with E-state index in [4.69, 9.17) is 16.3 Å². The zero-order valence-corrected chi connectivity index (χ0v) is 11.5. The van der Waals surface area contributed by atoms with Gasteiger partial charge in [0.2, 0.25) is 0 Å². The highest BCUT2D eigenvalue weighted by Crippen LogP contribution is 2.42. The van der Waals surface area contributed by atoms with Crippen LogP contribution in [0.2, 0.25) is 5.02 Å². The number of anilines is 1. The molecular weight excluding hydrogens is 250 g/mol. The van der Waals surface area contributed by atoms with Crippen LogP contribution in [0, 0.1) is 12.3 Å². The molecule has 1 saturated carbocycles. The molecule has 0 aliphatic heterocycles. The summed E-state index contributed by atoms with van der Waals surface area (Å²) in [6.45, 7) is 2.63. The van der Waals surface area contributed by atoms with E-state index >= 15 is 0 Å². The fourth-order valence-corrected chi connectivity index (χ4v) is 2.59. The Morgan fingerprint density at radius 1 is 1.50 bits per heavy atom. The molecule has 0 atom stereocenters. The fraction of sp³-hybridized carbons (Fsp3) is 0.500. The summed E-state index contributed by atoms with van der Waals surface area (Å²) in [5, 5.41) is 4.06. The summed E-state index contributed by atoms with van der Waals surface area (Å²) in [5.74, 6) is -0.104. The maximum atomic E-state index is 11.8. The van der Waals surface area contributed by atoms with Crippen LogP contribution < -0.4 is 5.32 Å². The smallest absolute Gasteiger partial charge is 0.313 e. The molecular formula is C14H18ClNO2. The van der Waals surface area contributed by atoms with Gasteiger partial charge in [0.15, 0.2) is 0 Å². The SMILES string of the molecule is COC(=O)C1(CNc2ccc(Cl)cc2C)CCC1. The topological polar surface area (TPSA) is 38.3 Å². The Morgan fingerprint density at radius 2 is 2.22 bits per heavy atom. The van der Waals surface area contributed by atoms with Crippen LogP contribution in [-0.4, -0.2) is 19.6 Å². The number of benzene rings is 1. The molecule has 0 bridgehead atoms. The molecule has 0 heterocycles. The summed E-state index contributed by atoms with van der Waals surface area (Å²) < 4.78 is 4.90. The summed E-state index contributed by atoms with van der Waals surface area (Å²) in [6, 6.07) is 5.71. The lowest BCUT2D eigenvalue weighted by Gasteiger charge is -2.39. The minimum atomic E-state index is -0.333. The zero-order chi connectivity index (χ0) is 13.2. The van der Waals surface area contributed by atoms with E-state index in [1.54, 1.807) is 0 Å². The van der Waals surface area contributed by atoms with Gasteiger partial charge in [0.1, 0.15) is 0 Å². The van der Waals surface area contributed by atoms with Crippen LogP contribution in [0.3, 0.4) is 0 Å². The quantitative estimate of drug-likeness (QED) is 0.850. The molecule has 3 nitrogen and oxygen atoms in total. The van der Waals surface area contributed by atoms with Crippen LogP contribution in [0.4, 0.5) is 5.69 Å². The van der Waals surface area contributed by atoms with E-state index < -0.39 is 0 Å². The molecule has 1 aromatic rings. The molecule has 1 aliphatic carbocycles. The van der Waals surface area contributed by atoms with Gasteiger partial charge >= 0.3 is 5.97 Å². The molecule has 98 valence electrons. The standard InChI is InChI=1S/C14H18ClNO2/c1-10-8-11(15)4-5-12(10)16-9-14(6-3-7-14)13(17)18-2/h4-5,8,16H,3,6-7,9H2,1-2H3. The number of halogens is 1. The van der Waals surface area contributed by atoms with Gasteiger partial charge in [-0.1, -0.05) is 18.0 Å². The van der Waals surface area contributed by atoms with E-state index in [1.807, 2.05) is 25.1 Å². The normalized spacial score (nSPS) is 16.8. The van der Waals surface area contributed by atoms with Crippen molar-refractivity contribution in [2.75, 3.05) is 19.0 Å². The summed E-state index contributed by atoms with van der Waals surface area (Å²) in [7, 11) is 1.45. The Labute approximate surface area is 112 Å². The molecule has 0 saturated heterocycles. The van der Waals surface area contributed by atoms with Crippen LogP contribution in [0.1, 0.15) is 24.8 Å². The van der Waals surface area contributed by atoms with Crippen molar-refractivity contribution in [1.82, 2.24) is 0 Å². The maximum absolute atomic E-state index is 11.8. The van der Waals surface area contributed by atoms with Crippen molar-refractivity contribution in [1.29, 1.82) is 0 Å².